The van der Waals surface area contributed by atoms with Crippen LogP contribution in [0.3, 0.4) is 0 Å². The van der Waals surface area contributed by atoms with E-state index in [0.717, 1.165) is 36.0 Å². The average Bonchev–Trinajstić information content (AvgIpc) is 3.73. The lowest BCUT2D eigenvalue weighted by Gasteiger charge is -2.30. The van der Waals surface area contributed by atoms with E-state index in [1.54, 1.807) is 10.8 Å². The number of aliphatic hydroxyl groups excluding tert-OH is 1. The molecule has 3 fully saturated rings. The number of hydrogen-bond donors (Lipinski definition) is 4. The van der Waals surface area contributed by atoms with Crippen LogP contribution in [0.15, 0.2) is 31.1 Å². The minimum atomic E-state index is -4.51. The van der Waals surface area contributed by atoms with Gasteiger partial charge in [0.15, 0.2) is 30.1 Å². The first kappa shape index (κ1) is 31.6. The molecule has 4 aromatic rings. The Kier molecular flexibility index (Phi) is 7.93. The first-order valence-electron chi connectivity index (χ1n) is 14.7. The SMILES string of the molecule is [B]P1(=O)OC[C@H]2O[C@@H](n3cc4c5c(ccnc53)NCCC4)[C@@H](O)C2OP(O)(=S)OC[C@H]2O[C@@H](n3cnc4c(N)ncnc43)C(F)[C@H]2O1. The summed E-state index contributed by atoms with van der Waals surface area (Å²) in [5.41, 5.74) is 8.71. The smallest absolute Gasteiger partial charge is 0.325 e. The highest BCUT2D eigenvalue weighted by Gasteiger charge is 2.53. The number of pyridine rings is 1. The number of alkyl halides is 1. The van der Waals surface area contributed by atoms with E-state index in [9.17, 15) is 14.6 Å². The highest BCUT2D eigenvalue weighted by Crippen LogP contribution is 2.54. The molecule has 10 atom stereocenters. The second-order valence-electron chi connectivity index (χ2n) is 11.5. The van der Waals surface area contributed by atoms with Crippen LogP contribution in [0, 0.1) is 0 Å². The van der Waals surface area contributed by atoms with E-state index >= 15 is 4.39 Å². The predicted molar refractivity (Wildman–Crippen MR) is 167 cm³/mol. The minimum absolute atomic E-state index is 0.0704. The van der Waals surface area contributed by atoms with Crippen LogP contribution in [-0.4, -0.2) is 103 Å². The van der Waals surface area contributed by atoms with Crippen LogP contribution >= 0.6 is 14.2 Å². The predicted octanol–water partition coefficient (Wildman–Crippen LogP) is 1.62. The lowest BCUT2D eigenvalue weighted by atomic mass is 10.1. The molecule has 8 rings (SSSR count). The van der Waals surface area contributed by atoms with Gasteiger partial charge in [-0.3, -0.25) is 13.7 Å². The third kappa shape index (κ3) is 5.58. The van der Waals surface area contributed by atoms with Crippen LogP contribution in [0.4, 0.5) is 15.9 Å². The Balaban J connectivity index is 1.08. The maximum Gasteiger partial charge on any atom is 0.325 e. The van der Waals surface area contributed by atoms with Gasteiger partial charge in [-0.2, -0.15) is 0 Å². The topological polar surface area (TPSA) is 212 Å². The number of nitrogens with one attached hydrogen (secondary N) is 1. The van der Waals surface area contributed by atoms with Crippen molar-refractivity contribution in [2.75, 3.05) is 30.8 Å². The molecule has 4 unspecified atom stereocenters. The fourth-order valence-corrected chi connectivity index (χ4v) is 8.92. The van der Waals surface area contributed by atoms with Gasteiger partial charge >= 0.3 is 6.72 Å². The van der Waals surface area contributed by atoms with E-state index < -0.39 is 76.6 Å². The Bertz CT molecular complexity index is 1960. The Hall–Kier alpha value is -2.61. The number of nitrogens with two attached hydrogens (primary N) is 1. The molecule has 4 aliphatic heterocycles. The number of aryl methyl sites for hydroxylation is 1. The number of halogens is 1. The third-order valence-corrected chi connectivity index (χ3v) is 11.2. The highest BCUT2D eigenvalue weighted by molar-refractivity contribution is 8.07. The number of ether oxygens (including phenoxy) is 2. The van der Waals surface area contributed by atoms with Gasteiger partial charge in [0.05, 0.1) is 19.5 Å². The molecule has 4 aromatic heterocycles. The van der Waals surface area contributed by atoms with Gasteiger partial charge in [-0.05, 0) is 36.3 Å². The van der Waals surface area contributed by atoms with Crippen molar-refractivity contribution in [1.82, 2.24) is 29.1 Å². The van der Waals surface area contributed by atoms with Crippen LogP contribution in [0.2, 0.25) is 0 Å². The van der Waals surface area contributed by atoms with Gasteiger partial charge < -0.3 is 48.7 Å². The van der Waals surface area contributed by atoms with Crippen LogP contribution in [0.1, 0.15) is 24.4 Å². The number of aliphatic hydroxyl groups is 1. The van der Waals surface area contributed by atoms with E-state index in [1.807, 2.05) is 12.3 Å². The molecule has 0 aromatic carbocycles. The molecular formula is C25H28BFN8O9P2S. The molecule has 5 N–H and O–H groups in total. The van der Waals surface area contributed by atoms with Crippen molar-refractivity contribution in [3.8, 4) is 0 Å². The van der Waals surface area contributed by atoms with Gasteiger partial charge in [0, 0.05) is 30.0 Å². The molecule has 22 heteroatoms. The van der Waals surface area contributed by atoms with E-state index in [4.69, 9.17) is 52.7 Å². The maximum atomic E-state index is 16.1. The van der Waals surface area contributed by atoms with Gasteiger partial charge in [-0.25, -0.2) is 24.3 Å². The van der Waals surface area contributed by atoms with Gasteiger partial charge in [0.2, 0.25) is 7.57 Å². The summed E-state index contributed by atoms with van der Waals surface area (Å²) >= 11 is 5.29. The molecule has 3 saturated heterocycles. The molecule has 248 valence electrons. The number of anilines is 2. The van der Waals surface area contributed by atoms with E-state index in [2.05, 4.69) is 25.3 Å². The lowest BCUT2D eigenvalue weighted by Crippen LogP contribution is -2.38. The molecule has 47 heavy (non-hydrogen) atoms. The van der Waals surface area contributed by atoms with Crippen molar-refractivity contribution in [2.45, 2.75) is 62.0 Å². The molecule has 0 spiro atoms. The van der Waals surface area contributed by atoms with Gasteiger partial charge in [-0.15, -0.1) is 0 Å². The zero-order chi connectivity index (χ0) is 32.7. The van der Waals surface area contributed by atoms with Crippen molar-refractivity contribution >= 4 is 67.3 Å². The molecule has 0 bridgehead atoms. The number of nitrogens with zero attached hydrogens (tertiary/aromatic N) is 6. The first-order valence-corrected chi connectivity index (χ1v) is 18.9. The Labute approximate surface area is 272 Å². The zero-order valence-corrected chi connectivity index (χ0v) is 26.9. The number of hydrogen-bond acceptors (Lipinski definition) is 15. The van der Waals surface area contributed by atoms with Crippen molar-refractivity contribution in [1.29, 1.82) is 0 Å². The second-order valence-corrected chi connectivity index (χ2v) is 15.9. The zero-order valence-electron chi connectivity index (χ0n) is 24.3. The van der Waals surface area contributed by atoms with Crippen LogP contribution in [0.5, 0.6) is 0 Å². The summed E-state index contributed by atoms with van der Waals surface area (Å²) in [5, 5.41) is 15.8. The van der Waals surface area contributed by atoms with Crippen molar-refractivity contribution in [3.05, 3.63) is 36.7 Å². The maximum absolute atomic E-state index is 16.1. The highest BCUT2D eigenvalue weighted by atomic mass is 32.5. The number of aromatic nitrogens is 6. The van der Waals surface area contributed by atoms with Crippen molar-refractivity contribution < 1.29 is 46.5 Å². The molecule has 17 nitrogen and oxygen atoms in total. The Morgan fingerprint density at radius 3 is 2.70 bits per heavy atom. The van der Waals surface area contributed by atoms with Crippen LogP contribution in [0.25, 0.3) is 22.2 Å². The average molecular weight is 708 g/mol. The number of imidazole rings is 1. The molecule has 0 saturated carbocycles. The minimum Gasteiger partial charge on any atom is -0.386 e. The fourth-order valence-electron chi connectivity index (χ4n) is 6.47. The summed E-state index contributed by atoms with van der Waals surface area (Å²) < 4.78 is 66.9. The van der Waals surface area contributed by atoms with E-state index in [1.165, 1.54) is 17.2 Å². The standard InChI is InChI=1S/C25H28BFN8O9P2S/c26-45(37)39-7-14-20(18(36)25(42-14)34-6-11-2-1-4-29-12-3-5-30-22(34)15(11)12)44-46(38,47)40-8-13-19(43-45)16(27)24(41-13)35-10-33-17-21(28)31-9-32-23(17)35/h3,5-6,9-10,13-14,16,18-20,24-25,29,36H,1-2,4,7-8H2,(H,38,47)(H2,28,31,32)/t13-,14-,16?,18+,19+,20?,24-,25-,45?,46?/m1/s1. The molecular weight excluding hydrogens is 680 g/mol. The Morgan fingerprint density at radius 2 is 1.85 bits per heavy atom. The number of nitrogen functional groups attached to an aromatic ring is 1. The summed E-state index contributed by atoms with van der Waals surface area (Å²) in [5.74, 6) is 0.0704. The normalized spacial score (nSPS) is 37.9. The fraction of sp³-hybridized carbons (Fsp3) is 0.520. The van der Waals surface area contributed by atoms with E-state index in [-0.39, 0.29) is 17.0 Å². The molecule has 8 heterocycles. The first-order chi connectivity index (χ1) is 22.5. The van der Waals surface area contributed by atoms with Crippen LogP contribution in [-0.2, 0) is 50.4 Å². The van der Waals surface area contributed by atoms with Crippen molar-refractivity contribution in [2.24, 2.45) is 0 Å². The monoisotopic (exact) mass is 708 g/mol. The molecule has 0 aliphatic carbocycles. The second kappa shape index (κ2) is 11.8. The van der Waals surface area contributed by atoms with Gasteiger partial charge in [-0.1, -0.05) is 0 Å². The summed E-state index contributed by atoms with van der Waals surface area (Å²) in [4.78, 5) is 27.8. The summed E-state index contributed by atoms with van der Waals surface area (Å²) in [6.45, 7) is -4.47. The largest absolute Gasteiger partial charge is 0.386 e. The van der Waals surface area contributed by atoms with E-state index in [0.29, 0.717) is 5.65 Å². The van der Waals surface area contributed by atoms with Crippen molar-refractivity contribution in [3.63, 3.8) is 0 Å². The molecule has 4 aliphatic rings. The quantitative estimate of drug-likeness (QED) is 0.172. The van der Waals surface area contributed by atoms with Gasteiger partial charge in [0.1, 0.15) is 48.0 Å². The molecule has 2 radical (unpaired) electrons. The summed E-state index contributed by atoms with van der Waals surface area (Å²) in [7, 11) is 1.44. The number of rotatable bonds is 2. The molecule has 0 amide bonds. The lowest BCUT2D eigenvalue weighted by molar-refractivity contribution is -0.0571. The van der Waals surface area contributed by atoms with Crippen LogP contribution < -0.4 is 11.1 Å². The third-order valence-electron chi connectivity index (χ3n) is 8.59. The Morgan fingerprint density at radius 1 is 1.06 bits per heavy atom. The summed E-state index contributed by atoms with van der Waals surface area (Å²) in [6.07, 6.45) is -3.76. The number of fused-ring (bicyclic) bond motifs is 3. The van der Waals surface area contributed by atoms with Gasteiger partial charge in [0.25, 0.3) is 7.47 Å². The summed E-state index contributed by atoms with van der Waals surface area (Å²) in [6, 6.07) is 1.88.